The van der Waals surface area contributed by atoms with E-state index in [2.05, 4.69) is 0 Å². The number of carbonyl (C=O) groups excluding carboxylic acids is 1. The molecule has 24 heavy (non-hydrogen) atoms. The highest BCUT2D eigenvalue weighted by Gasteiger charge is 2.33. The predicted molar refractivity (Wildman–Crippen MR) is 95.8 cm³/mol. The van der Waals surface area contributed by atoms with Gasteiger partial charge < -0.3 is 14.7 Å². The number of nitrogens with zero attached hydrogens (tertiary/aromatic N) is 2. The third-order valence-electron chi connectivity index (χ3n) is 3.50. The van der Waals surface area contributed by atoms with Crippen molar-refractivity contribution in [2.24, 2.45) is 0 Å². The fraction of sp³-hybridized carbons (Fsp3) is 0.188. The van der Waals surface area contributed by atoms with Crippen molar-refractivity contribution in [1.82, 2.24) is 4.90 Å². The zero-order chi connectivity index (χ0) is 17.3. The molecule has 1 aromatic rings. The number of fused-ring (bicyclic) bond motifs is 1. The number of para-hydroxylation sites is 2. The smallest absolute Gasteiger partial charge is 0.323 e. The van der Waals surface area contributed by atoms with Crippen molar-refractivity contribution < 1.29 is 19.4 Å². The minimum Gasteiger partial charge on any atom is -0.480 e. The summed E-state index contributed by atoms with van der Waals surface area (Å²) >= 11 is 6.15. The average molecular weight is 362 g/mol. The van der Waals surface area contributed by atoms with Crippen molar-refractivity contribution >= 4 is 45.9 Å². The van der Waals surface area contributed by atoms with Crippen molar-refractivity contribution in [1.29, 1.82) is 0 Å². The van der Waals surface area contributed by atoms with Gasteiger partial charge in [0.1, 0.15) is 10.9 Å². The van der Waals surface area contributed by atoms with Gasteiger partial charge in [-0.05, 0) is 25.1 Å². The highest BCUT2D eigenvalue weighted by atomic mass is 32.2. The number of amides is 1. The molecule has 1 fully saturated rings. The minimum absolute atomic E-state index is 0.245. The fourth-order valence-corrected chi connectivity index (χ4v) is 3.63. The number of ether oxygens (including phenoxy) is 1. The van der Waals surface area contributed by atoms with E-state index in [4.69, 9.17) is 22.1 Å². The Labute approximate surface area is 148 Å². The number of allylic oxidation sites excluding steroid dienone is 2. The van der Waals surface area contributed by atoms with Gasteiger partial charge in [-0.3, -0.25) is 14.5 Å². The molecule has 0 radical (unpaired) electrons. The molecule has 2 aliphatic heterocycles. The number of hydrogen-bond acceptors (Lipinski definition) is 6. The summed E-state index contributed by atoms with van der Waals surface area (Å²) < 4.78 is 6.05. The molecule has 0 saturated carbocycles. The quantitative estimate of drug-likeness (QED) is 0.652. The zero-order valence-electron chi connectivity index (χ0n) is 12.8. The second-order valence-electron chi connectivity index (χ2n) is 5.00. The van der Waals surface area contributed by atoms with Gasteiger partial charge in [-0.15, -0.1) is 0 Å². The molecule has 6 nitrogen and oxygen atoms in total. The van der Waals surface area contributed by atoms with E-state index < -0.39 is 18.4 Å². The van der Waals surface area contributed by atoms with Crippen LogP contribution < -0.4 is 9.64 Å². The van der Waals surface area contributed by atoms with Gasteiger partial charge in [-0.25, -0.2) is 0 Å². The van der Waals surface area contributed by atoms with Gasteiger partial charge in [0.05, 0.1) is 10.6 Å². The van der Waals surface area contributed by atoms with E-state index in [1.54, 1.807) is 12.2 Å². The summed E-state index contributed by atoms with van der Waals surface area (Å²) in [6, 6.07) is 7.68. The third kappa shape index (κ3) is 3.02. The number of thiocarbonyl (C=S) groups is 1. The maximum absolute atomic E-state index is 12.2. The van der Waals surface area contributed by atoms with E-state index in [9.17, 15) is 9.59 Å². The summed E-state index contributed by atoms with van der Waals surface area (Å²) in [6.07, 6.45) is 3.32. The van der Waals surface area contributed by atoms with Crippen molar-refractivity contribution in [3.8, 4) is 5.75 Å². The molecule has 0 bridgehead atoms. The van der Waals surface area contributed by atoms with E-state index in [1.165, 1.54) is 0 Å². The number of anilines is 1. The molecular weight excluding hydrogens is 348 g/mol. The first-order chi connectivity index (χ1) is 11.5. The zero-order valence-corrected chi connectivity index (χ0v) is 14.4. The largest absolute Gasteiger partial charge is 0.480 e. The van der Waals surface area contributed by atoms with Crippen LogP contribution in [0.2, 0.25) is 0 Å². The first-order valence-electron chi connectivity index (χ1n) is 7.23. The first-order valence-corrected chi connectivity index (χ1v) is 8.45. The summed E-state index contributed by atoms with van der Waals surface area (Å²) in [5, 5.41) is 8.84. The number of rotatable bonds is 4. The lowest BCUT2D eigenvalue weighted by Gasteiger charge is -2.14. The summed E-state index contributed by atoms with van der Waals surface area (Å²) in [4.78, 5) is 26.5. The number of hydrogen-bond donors (Lipinski definition) is 1. The molecule has 2 heterocycles. The second kappa shape index (κ2) is 6.66. The monoisotopic (exact) mass is 362 g/mol. The first kappa shape index (κ1) is 16.5. The van der Waals surface area contributed by atoms with E-state index in [0.29, 0.717) is 10.8 Å². The van der Waals surface area contributed by atoms with Crippen LogP contribution in [0, 0.1) is 0 Å². The van der Waals surface area contributed by atoms with Gasteiger partial charge in [-0.1, -0.05) is 36.1 Å². The highest BCUT2D eigenvalue weighted by Crippen LogP contribution is 2.38. The van der Waals surface area contributed by atoms with Crippen molar-refractivity contribution in [3.63, 3.8) is 0 Å². The van der Waals surface area contributed by atoms with Crippen LogP contribution >= 0.6 is 24.0 Å². The molecule has 0 unspecified atom stereocenters. The van der Waals surface area contributed by atoms with E-state index >= 15 is 0 Å². The van der Waals surface area contributed by atoms with Crippen LogP contribution in [0.3, 0.4) is 0 Å². The van der Waals surface area contributed by atoms with Crippen LogP contribution in [0.5, 0.6) is 5.75 Å². The number of thioether (sulfide) groups is 1. The van der Waals surface area contributed by atoms with Crippen LogP contribution in [0.1, 0.15) is 6.92 Å². The number of carboxylic acid groups (broad SMARTS) is 1. The van der Waals surface area contributed by atoms with Crippen LogP contribution in [0.15, 0.2) is 47.2 Å². The number of aliphatic carboxylic acids is 1. The van der Waals surface area contributed by atoms with E-state index in [1.807, 2.05) is 36.1 Å². The van der Waals surface area contributed by atoms with Crippen molar-refractivity contribution in [2.45, 2.75) is 6.92 Å². The fourth-order valence-electron chi connectivity index (χ4n) is 2.44. The summed E-state index contributed by atoms with van der Waals surface area (Å²) in [6.45, 7) is 2.30. The Morgan fingerprint density at radius 1 is 1.33 bits per heavy atom. The Hall–Kier alpha value is -2.32. The molecule has 8 heteroatoms. The molecule has 2 aliphatic rings. The lowest BCUT2D eigenvalue weighted by atomic mass is 10.3. The van der Waals surface area contributed by atoms with Crippen LogP contribution in [-0.4, -0.2) is 39.3 Å². The van der Waals surface area contributed by atoms with Gasteiger partial charge in [0.25, 0.3) is 5.91 Å². The van der Waals surface area contributed by atoms with Gasteiger partial charge >= 0.3 is 5.97 Å². The molecule has 0 spiro atoms. The maximum atomic E-state index is 12.2. The third-order valence-corrected chi connectivity index (χ3v) is 4.89. The molecule has 1 saturated heterocycles. The number of carbonyl (C=O) groups is 2. The van der Waals surface area contributed by atoms with E-state index in [-0.39, 0.29) is 4.32 Å². The topological polar surface area (TPSA) is 70.1 Å². The van der Waals surface area contributed by atoms with E-state index in [0.717, 1.165) is 34.6 Å². The van der Waals surface area contributed by atoms with Gasteiger partial charge in [-0.2, -0.15) is 0 Å². The molecule has 1 aromatic carbocycles. The number of carboxylic acids is 1. The Kier molecular flexibility index (Phi) is 4.59. The minimum atomic E-state index is -1.10. The predicted octanol–water partition coefficient (Wildman–Crippen LogP) is 2.58. The van der Waals surface area contributed by atoms with Gasteiger partial charge in [0.2, 0.25) is 5.88 Å². The van der Waals surface area contributed by atoms with Crippen molar-refractivity contribution in [2.75, 3.05) is 18.0 Å². The SMILES string of the molecule is CCN1/C(=C\C=C2/SC(=S)N(CC(=O)O)C2=O)Oc2ccccc21. The van der Waals surface area contributed by atoms with Crippen LogP contribution in [-0.2, 0) is 9.59 Å². The molecular formula is C16H14N2O4S2. The molecule has 0 aliphatic carbocycles. The Morgan fingerprint density at radius 2 is 2.08 bits per heavy atom. The standard InChI is InChI=1S/C16H14N2O4S2/c1-2-17-10-5-3-4-6-11(10)22-13(17)8-7-12-15(21)18(9-14(19)20)16(23)24-12/h3-8H,2,9H2,1H3,(H,19,20)/b12-7-,13-8+. The lowest BCUT2D eigenvalue weighted by Crippen LogP contribution is -2.33. The van der Waals surface area contributed by atoms with Crippen molar-refractivity contribution in [3.05, 3.63) is 47.2 Å². The molecule has 124 valence electrons. The maximum Gasteiger partial charge on any atom is 0.323 e. The second-order valence-corrected chi connectivity index (χ2v) is 6.68. The molecule has 3 rings (SSSR count). The Morgan fingerprint density at radius 3 is 2.79 bits per heavy atom. The molecule has 0 aromatic heterocycles. The molecule has 1 amide bonds. The Balaban J connectivity index is 1.83. The average Bonchev–Trinajstić information content (AvgIpc) is 3.04. The normalized spacial score (nSPS) is 20.0. The lowest BCUT2D eigenvalue weighted by molar-refractivity contribution is -0.140. The molecule has 0 atom stereocenters. The summed E-state index contributed by atoms with van der Waals surface area (Å²) in [7, 11) is 0. The highest BCUT2D eigenvalue weighted by molar-refractivity contribution is 8.26. The number of benzene rings is 1. The van der Waals surface area contributed by atoms with Gasteiger partial charge in [0.15, 0.2) is 5.75 Å². The van der Waals surface area contributed by atoms with Crippen LogP contribution in [0.4, 0.5) is 5.69 Å². The summed E-state index contributed by atoms with van der Waals surface area (Å²) in [5.41, 5.74) is 0.970. The van der Waals surface area contributed by atoms with Crippen LogP contribution in [0.25, 0.3) is 0 Å². The van der Waals surface area contributed by atoms with Gasteiger partial charge in [0, 0.05) is 12.6 Å². The summed E-state index contributed by atoms with van der Waals surface area (Å²) in [5.74, 6) is -0.125. The Bertz CT molecular complexity index is 788. The molecule has 1 N–H and O–H groups in total.